The normalized spacial score (nSPS) is 19.7. The van der Waals surface area contributed by atoms with Gasteiger partial charge in [0.25, 0.3) is 0 Å². The van der Waals surface area contributed by atoms with Crippen LogP contribution in [0.1, 0.15) is 38.0 Å². The molecule has 6 heteroatoms. The van der Waals surface area contributed by atoms with E-state index in [1.54, 1.807) is 6.20 Å². The molecule has 1 atom stereocenters. The number of hydrogen-bond donors (Lipinski definition) is 0. The van der Waals surface area contributed by atoms with Crippen molar-refractivity contribution in [2.45, 2.75) is 38.8 Å². The molecule has 0 aromatic carbocycles. The van der Waals surface area contributed by atoms with Crippen LogP contribution in [0.15, 0.2) is 17.1 Å². The molecule has 0 N–H and O–H groups in total. The highest BCUT2D eigenvalue weighted by Crippen LogP contribution is 2.22. The lowest BCUT2D eigenvalue weighted by molar-refractivity contribution is -0.386. The summed E-state index contributed by atoms with van der Waals surface area (Å²) in [5, 5.41) is 10.9. The number of aromatic nitrogens is 1. The Morgan fingerprint density at radius 2 is 2.33 bits per heavy atom. The summed E-state index contributed by atoms with van der Waals surface area (Å²) in [5.74, 6) is 0. The van der Waals surface area contributed by atoms with E-state index in [2.05, 4.69) is 0 Å². The Morgan fingerprint density at radius 1 is 1.56 bits per heavy atom. The van der Waals surface area contributed by atoms with E-state index in [1.807, 2.05) is 6.92 Å². The van der Waals surface area contributed by atoms with Crippen LogP contribution in [0.3, 0.4) is 0 Å². The zero-order valence-electron chi connectivity index (χ0n) is 10.3. The number of rotatable bonds is 3. The van der Waals surface area contributed by atoms with Crippen LogP contribution in [-0.2, 0) is 11.2 Å². The highest BCUT2D eigenvalue weighted by atomic mass is 16.6. The summed E-state index contributed by atoms with van der Waals surface area (Å²) in [5.41, 5.74) is -0.178. The molecule has 1 aliphatic rings. The lowest BCUT2D eigenvalue weighted by Gasteiger charge is -2.24. The van der Waals surface area contributed by atoms with Gasteiger partial charge in [0.15, 0.2) is 0 Å². The van der Waals surface area contributed by atoms with E-state index in [-0.39, 0.29) is 11.9 Å². The van der Waals surface area contributed by atoms with E-state index in [9.17, 15) is 14.9 Å². The number of aryl methyl sites for hydroxylation is 1. The van der Waals surface area contributed by atoms with Crippen molar-refractivity contribution < 1.29 is 9.66 Å². The maximum absolute atomic E-state index is 12.0. The number of nitrogens with zero attached hydrogens (tertiary/aromatic N) is 2. The van der Waals surface area contributed by atoms with Crippen molar-refractivity contribution in [2.75, 3.05) is 6.61 Å². The molecule has 2 heterocycles. The van der Waals surface area contributed by atoms with Gasteiger partial charge >= 0.3 is 11.2 Å². The highest BCUT2D eigenvalue weighted by Gasteiger charge is 2.22. The maximum atomic E-state index is 12.0. The minimum Gasteiger partial charge on any atom is -0.358 e. The Hall–Kier alpha value is -1.69. The predicted octanol–water partition coefficient (Wildman–Crippen LogP) is 2.02. The number of hydrogen-bond acceptors (Lipinski definition) is 4. The average Bonchev–Trinajstić information content (AvgIpc) is 2.39. The number of nitro groups is 1. The molecule has 1 aromatic rings. The Balaban J connectivity index is 2.47. The molecular weight excluding hydrogens is 236 g/mol. The first-order chi connectivity index (χ1) is 8.63. The molecule has 1 aliphatic heterocycles. The third-order valence-corrected chi connectivity index (χ3v) is 3.15. The quantitative estimate of drug-likeness (QED) is 0.609. The molecule has 0 radical (unpaired) electrons. The van der Waals surface area contributed by atoms with Gasteiger partial charge in [-0.25, -0.2) is 0 Å². The van der Waals surface area contributed by atoms with Gasteiger partial charge in [0.05, 0.1) is 4.92 Å². The van der Waals surface area contributed by atoms with Gasteiger partial charge in [0.1, 0.15) is 6.23 Å². The molecule has 1 aromatic heterocycles. The summed E-state index contributed by atoms with van der Waals surface area (Å²) >= 11 is 0. The van der Waals surface area contributed by atoms with Gasteiger partial charge in [0, 0.05) is 18.9 Å². The molecule has 1 unspecified atom stereocenters. The summed E-state index contributed by atoms with van der Waals surface area (Å²) in [4.78, 5) is 22.3. The summed E-state index contributed by atoms with van der Waals surface area (Å²) in [6.07, 6.45) is 4.63. The minimum atomic E-state index is -0.624. The van der Waals surface area contributed by atoms with Crippen LogP contribution in [0.2, 0.25) is 0 Å². The van der Waals surface area contributed by atoms with E-state index in [4.69, 9.17) is 4.74 Å². The smallest absolute Gasteiger partial charge is 0.334 e. The van der Waals surface area contributed by atoms with Crippen molar-refractivity contribution in [3.8, 4) is 0 Å². The second kappa shape index (κ2) is 5.30. The van der Waals surface area contributed by atoms with Crippen molar-refractivity contribution in [2.24, 2.45) is 0 Å². The van der Waals surface area contributed by atoms with Gasteiger partial charge in [-0.15, -0.1) is 0 Å². The third kappa shape index (κ3) is 2.43. The molecular formula is C12H16N2O4. The van der Waals surface area contributed by atoms with Gasteiger partial charge in [-0.1, -0.05) is 6.92 Å². The molecule has 2 rings (SSSR count). The Kier molecular flexibility index (Phi) is 3.76. The highest BCUT2D eigenvalue weighted by molar-refractivity contribution is 5.31. The number of pyridine rings is 1. The fraction of sp³-hybridized carbons (Fsp3) is 0.583. The monoisotopic (exact) mass is 252 g/mol. The van der Waals surface area contributed by atoms with Crippen molar-refractivity contribution in [1.29, 1.82) is 0 Å². The van der Waals surface area contributed by atoms with Crippen LogP contribution in [0.5, 0.6) is 0 Å². The molecule has 0 spiro atoms. The zero-order valence-corrected chi connectivity index (χ0v) is 10.3. The average molecular weight is 252 g/mol. The lowest BCUT2D eigenvalue weighted by Crippen LogP contribution is -2.30. The first-order valence-corrected chi connectivity index (χ1v) is 6.14. The summed E-state index contributed by atoms with van der Waals surface area (Å²) in [6.45, 7) is 2.50. The van der Waals surface area contributed by atoms with E-state index in [0.29, 0.717) is 13.0 Å². The maximum Gasteiger partial charge on any atom is 0.334 e. The van der Waals surface area contributed by atoms with Gasteiger partial charge in [-0.05, 0) is 31.2 Å². The molecule has 18 heavy (non-hydrogen) atoms. The fourth-order valence-electron chi connectivity index (χ4n) is 2.13. The van der Waals surface area contributed by atoms with E-state index < -0.39 is 10.5 Å². The Bertz CT molecular complexity index is 503. The molecule has 0 saturated carbocycles. The first kappa shape index (κ1) is 12.8. The topological polar surface area (TPSA) is 74.4 Å². The van der Waals surface area contributed by atoms with Gasteiger partial charge in [0.2, 0.25) is 0 Å². The first-order valence-electron chi connectivity index (χ1n) is 6.14. The van der Waals surface area contributed by atoms with E-state index >= 15 is 0 Å². The van der Waals surface area contributed by atoms with Crippen molar-refractivity contribution >= 4 is 5.69 Å². The van der Waals surface area contributed by atoms with E-state index in [0.717, 1.165) is 24.8 Å². The van der Waals surface area contributed by atoms with Crippen LogP contribution in [0.4, 0.5) is 5.69 Å². The van der Waals surface area contributed by atoms with E-state index in [1.165, 1.54) is 10.6 Å². The summed E-state index contributed by atoms with van der Waals surface area (Å²) < 4.78 is 6.89. The SMILES string of the molecule is CCc1cc([N+](=O)[O-])c(=O)n(C2CCCCO2)c1. The third-order valence-electron chi connectivity index (χ3n) is 3.15. The summed E-state index contributed by atoms with van der Waals surface area (Å²) in [7, 11) is 0. The van der Waals surface area contributed by atoms with Crippen molar-refractivity contribution in [3.05, 3.63) is 38.3 Å². The molecule has 0 aliphatic carbocycles. The van der Waals surface area contributed by atoms with Gasteiger partial charge in [-0.2, -0.15) is 0 Å². The van der Waals surface area contributed by atoms with Crippen LogP contribution in [0.25, 0.3) is 0 Å². The number of ether oxygens (including phenoxy) is 1. The largest absolute Gasteiger partial charge is 0.358 e. The van der Waals surface area contributed by atoms with Crippen molar-refractivity contribution in [1.82, 2.24) is 4.57 Å². The second-order valence-corrected chi connectivity index (χ2v) is 4.38. The van der Waals surface area contributed by atoms with Gasteiger partial charge in [-0.3, -0.25) is 19.5 Å². The zero-order chi connectivity index (χ0) is 13.1. The molecule has 0 bridgehead atoms. The van der Waals surface area contributed by atoms with Crippen molar-refractivity contribution in [3.63, 3.8) is 0 Å². The predicted molar refractivity (Wildman–Crippen MR) is 65.6 cm³/mol. The molecule has 6 nitrogen and oxygen atoms in total. The summed E-state index contributed by atoms with van der Waals surface area (Å²) in [6, 6.07) is 1.35. The fourth-order valence-corrected chi connectivity index (χ4v) is 2.13. The lowest BCUT2D eigenvalue weighted by atomic mass is 10.1. The minimum absolute atomic E-state index is 0.364. The molecule has 98 valence electrons. The van der Waals surface area contributed by atoms with Crippen LogP contribution in [-0.4, -0.2) is 16.1 Å². The molecule has 1 saturated heterocycles. The molecule has 1 fully saturated rings. The van der Waals surface area contributed by atoms with Crippen LogP contribution in [0, 0.1) is 10.1 Å². The standard InChI is InChI=1S/C12H16N2O4/c1-2-9-7-10(14(16)17)12(15)13(8-9)11-5-3-4-6-18-11/h7-8,11H,2-6H2,1H3. The van der Waals surface area contributed by atoms with Gasteiger partial charge < -0.3 is 4.74 Å². The second-order valence-electron chi connectivity index (χ2n) is 4.38. The molecule has 0 amide bonds. The Morgan fingerprint density at radius 3 is 2.89 bits per heavy atom. The van der Waals surface area contributed by atoms with Crippen LogP contribution < -0.4 is 5.56 Å². The Labute approximate surface area is 104 Å². The van der Waals surface area contributed by atoms with Crippen LogP contribution >= 0.6 is 0 Å².